The quantitative estimate of drug-likeness (QED) is 0.771. The number of benzene rings is 1. The summed E-state index contributed by atoms with van der Waals surface area (Å²) < 4.78 is 0. The van der Waals surface area contributed by atoms with Crippen molar-refractivity contribution in [1.29, 1.82) is 0 Å². The summed E-state index contributed by atoms with van der Waals surface area (Å²) in [5, 5.41) is 0.562. The Morgan fingerprint density at radius 1 is 1.12 bits per heavy atom. The maximum atomic E-state index is 4.69. The van der Waals surface area contributed by atoms with Crippen molar-refractivity contribution in [1.82, 2.24) is 4.90 Å². The third-order valence-electron chi connectivity index (χ3n) is 3.51. The first-order valence-corrected chi connectivity index (χ1v) is 6.63. The van der Waals surface area contributed by atoms with Crippen molar-refractivity contribution in [2.24, 2.45) is 11.8 Å². The van der Waals surface area contributed by atoms with Crippen molar-refractivity contribution in [2.45, 2.75) is 25.6 Å². The molecule has 2 heteroatoms. The summed E-state index contributed by atoms with van der Waals surface area (Å²) in [7, 11) is 0. The van der Waals surface area contributed by atoms with Gasteiger partial charge in [-0.3, -0.25) is 4.90 Å². The Kier molecular flexibility index (Phi) is 3.93. The molecular weight excluding hydrogens is 214 g/mol. The van der Waals surface area contributed by atoms with Gasteiger partial charge in [-0.25, -0.2) is 0 Å². The van der Waals surface area contributed by atoms with E-state index in [1.807, 2.05) is 0 Å². The first kappa shape index (κ1) is 12.0. The highest BCUT2D eigenvalue weighted by Gasteiger charge is 2.28. The van der Waals surface area contributed by atoms with E-state index < -0.39 is 0 Å². The Bertz CT molecular complexity index is 313. The van der Waals surface area contributed by atoms with Gasteiger partial charge in [0.2, 0.25) is 0 Å². The highest BCUT2D eigenvalue weighted by atomic mass is 32.1. The van der Waals surface area contributed by atoms with Gasteiger partial charge < -0.3 is 0 Å². The molecular formula is C14H21NS. The highest BCUT2D eigenvalue weighted by molar-refractivity contribution is 7.81. The molecule has 2 rings (SSSR count). The standard InChI is InChI=1S/C14H21NS/c1-11-8-15(9-12(2)14(11)16)10-13-6-4-3-5-7-13/h3-7,11-12,14,16H,8-10H2,1-2H3/t11-,12+,14?. The van der Waals surface area contributed by atoms with Crippen molar-refractivity contribution < 1.29 is 0 Å². The zero-order chi connectivity index (χ0) is 11.5. The third-order valence-corrected chi connectivity index (χ3v) is 4.53. The minimum Gasteiger partial charge on any atom is -0.298 e. The van der Waals surface area contributed by atoms with Gasteiger partial charge in [-0.2, -0.15) is 12.6 Å². The molecule has 1 aromatic rings. The fourth-order valence-corrected chi connectivity index (χ4v) is 2.83. The van der Waals surface area contributed by atoms with Crippen LogP contribution in [-0.4, -0.2) is 23.2 Å². The summed E-state index contributed by atoms with van der Waals surface area (Å²) in [4.78, 5) is 2.55. The molecule has 3 atom stereocenters. The van der Waals surface area contributed by atoms with Crippen LogP contribution in [0.5, 0.6) is 0 Å². The van der Waals surface area contributed by atoms with E-state index in [9.17, 15) is 0 Å². The zero-order valence-electron chi connectivity index (χ0n) is 10.1. The Labute approximate surface area is 104 Å². The van der Waals surface area contributed by atoms with Crippen molar-refractivity contribution in [3.8, 4) is 0 Å². The lowest BCUT2D eigenvalue weighted by atomic mass is 9.91. The molecule has 1 aliphatic heterocycles. The SMILES string of the molecule is C[C@@H]1CN(Cc2ccccc2)C[C@H](C)C1S. The van der Waals surface area contributed by atoms with E-state index in [-0.39, 0.29) is 0 Å². The molecule has 88 valence electrons. The van der Waals surface area contributed by atoms with Gasteiger partial charge in [0, 0.05) is 24.9 Å². The number of likely N-dealkylation sites (tertiary alicyclic amines) is 1. The van der Waals surface area contributed by atoms with Crippen LogP contribution < -0.4 is 0 Å². The number of nitrogens with zero attached hydrogens (tertiary/aromatic N) is 1. The maximum absolute atomic E-state index is 4.69. The topological polar surface area (TPSA) is 3.24 Å². The van der Waals surface area contributed by atoms with Gasteiger partial charge >= 0.3 is 0 Å². The Morgan fingerprint density at radius 2 is 1.69 bits per heavy atom. The molecule has 1 aromatic carbocycles. The summed E-state index contributed by atoms with van der Waals surface area (Å²) in [6.07, 6.45) is 0. The lowest BCUT2D eigenvalue weighted by Gasteiger charge is -2.39. The number of thiol groups is 1. The highest BCUT2D eigenvalue weighted by Crippen LogP contribution is 2.27. The van der Waals surface area contributed by atoms with Crippen LogP contribution in [0.4, 0.5) is 0 Å². The second-order valence-electron chi connectivity index (χ2n) is 5.12. The molecule has 1 aliphatic rings. The largest absolute Gasteiger partial charge is 0.298 e. The molecule has 0 saturated carbocycles. The van der Waals surface area contributed by atoms with E-state index in [0.29, 0.717) is 17.1 Å². The van der Waals surface area contributed by atoms with Crippen LogP contribution in [0.2, 0.25) is 0 Å². The Morgan fingerprint density at radius 3 is 2.25 bits per heavy atom. The second kappa shape index (κ2) is 5.24. The summed E-state index contributed by atoms with van der Waals surface area (Å²) in [6.45, 7) is 8.05. The molecule has 1 unspecified atom stereocenters. The minimum absolute atomic E-state index is 0.562. The van der Waals surface area contributed by atoms with Gasteiger partial charge in [0.15, 0.2) is 0 Å². The molecule has 1 fully saturated rings. The van der Waals surface area contributed by atoms with E-state index in [1.54, 1.807) is 0 Å². The molecule has 1 nitrogen and oxygen atoms in total. The van der Waals surface area contributed by atoms with Gasteiger partial charge in [0.25, 0.3) is 0 Å². The summed E-state index contributed by atoms with van der Waals surface area (Å²) in [5.74, 6) is 1.38. The molecule has 0 bridgehead atoms. The van der Waals surface area contributed by atoms with Gasteiger partial charge in [0.05, 0.1) is 0 Å². The summed E-state index contributed by atoms with van der Waals surface area (Å²) in [6, 6.07) is 10.7. The van der Waals surface area contributed by atoms with Crippen LogP contribution in [0, 0.1) is 11.8 Å². The van der Waals surface area contributed by atoms with E-state index in [0.717, 1.165) is 6.54 Å². The number of rotatable bonds is 2. The molecule has 0 amide bonds. The van der Waals surface area contributed by atoms with Crippen LogP contribution in [0.3, 0.4) is 0 Å². The van der Waals surface area contributed by atoms with Crippen molar-refractivity contribution in [3.05, 3.63) is 35.9 Å². The van der Waals surface area contributed by atoms with Gasteiger partial charge in [-0.15, -0.1) is 0 Å². The van der Waals surface area contributed by atoms with Crippen LogP contribution in [0.15, 0.2) is 30.3 Å². The van der Waals surface area contributed by atoms with Crippen LogP contribution in [0.1, 0.15) is 19.4 Å². The molecule has 0 N–H and O–H groups in total. The second-order valence-corrected chi connectivity index (χ2v) is 5.72. The van der Waals surface area contributed by atoms with E-state index >= 15 is 0 Å². The first-order chi connectivity index (χ1) is 7.66. The van der Waals surface area contributed by atoms with Crippen molar-refractivity contribution in [2.75, 3.05) is 13.1 Å². The zero-order valence-corrected chi connectivity index (χ0v) is 11.0. The van der Waals surface area contributed by atoms with Crippen LogP contribution >= 0.6 is 12.6 Å². The predicted octanol–water partition coefficient (Wildman–Crippen LogP) is 3.07. The fraction of sp³-hybridized carbons (Fsp3) is 0.571. The van der Waals surface area contributed by atoms with E-state index in [1.165, 1.54) is 18.7 Å². The van der Waals surface area contributed by atoms with E-state index in [4.69, 9.17) is 12.6 Å². The summed E-state index contributed by atoms with van der Waals surface area (Å²) >= 11 is 4.69. The number of piperidine rings is 1. The number of hydrogen-bond donors (Lipinski definition) is 1. The molecule has 1 heterocycles. The van der Waals surface area contributed by atoms with Gasteiger partial charge in [-0.05, 0) is 17.4 Å². The molecule has 0 radical (unpaired) electrons. The van der Waals surface area contributed by atoms with E-state index in [2.05, 4.69) is 49.1 Å². The van der Waals surface area contributed by atoms with Gasteiger partial charge in [-0.1, -0.05) is 44.2 Å². The van der Waals surface area contributed by atoms with Crippen LogP contribution in [-0.2, 0) is 6.54 Å². The maximum Gasteiger partial charge on any atom is 0.0233 e. The smallest absolute Gasteiger partial charge is 0.0233 e. The average Bonchev–Trinajstić information content (AvgIpc) is 2.27. The normalized spacial score (nSPS) is 31.6. The van der Waals surface area contributed by atoms with Crippen LogP contribution in [0.25, 0.3) is 0 Å². The molecule has 1 saturated heterocycles. The lowest BCUT2D eigenvalue weighted by Crippen LogP contribution is -2.44. The molecule has 0 aromatic heterocycles. The Hall–Kier alpha value is -0.470. The predicted molar refractivity (Wildman–Crippen MR) is 72.8 cm³/mol. The first-order valence-electron chi connectivity index (χ1n) is 6.11. The molecule has 0 aliphatic carbocycles. The number of hydrogen-bond acceptors (Lipinski definition) is 2. The lowest BCUT2D eigenvalue weighted by molar-refractivity contribution is 0.141. The molecule has 0 spiro atoms. The average molecular weight is 235 g/mol. The monoisotopic (exact) mass is 235 g/mol. The van der Waals surface area contributed by atoms with Gasteiger partial charge in [0.1, 0.15) is 0 Å². The minimum atomic E-state index is 0.562. The molecule has 16 heavy (non-hydrogen) atoms. The Balaban J connectivity index is 1.97. The third kappa shape index (κ3) is 2.80. The van der Waals surface area contributed by atoms with Crippen molar-refractivity contribution >= 4 is 12.6 Å². The summed E-state index contributed by atoms with van der Waals surface area (Å²) in [5.41, 5.74) is 1.42. The van der Waals surface area contributed by atoms with Crippen molar-refractivity contribution in [3.63, 3.8) is 0 Å². The fourth-order valence-electron chi connectivity index (χ4n) is 2.64.